The Bertz CT molecular complexity index is 329. The SMILES string of the molecule is CC(C)[C@@](C)(O)c1ccccc1N(C)C. The van der Waals surface area contributed by atoms with Crippen molar-refractivity contribution < 1.29 is 5.11 Å². The number of aliphatic hydroxyl groups is 1. The van der Waals surface area contributed by atoms with Gasteiger partial charge in [0.25, 0.3) is 0 Å². The standard InChI is InChI=1S/C13H21NO/c1-10(2)13(3,15)11-8-6-7-9-12(11)14(4)5/h6-10,15H,1-5H3/t13-/m1/s1. The highest BCUT2D eigenvalue weighted by Crippen LogP contribution is 2.34. The molecule has 15 heavy (non-hydrogen) atoms. The minimum atomic E-state index is -0.777. The van der Waals surface area contributed by atoms with Crippen molar-refractivity contribution in [2.75, 3.05) is 19.0 Å². The van der Waals surface area contributed by atoms with Crippen LogP contribution in [0, 0.1) is 5.92 Å². The van der Waals surface area contributed by atoms with Gasteiger partial charge in [-0.2, -0.15) is 0 Å². The lowest BCUT2D eigenvalue weighted by Crippen LogP contribution is -2.30. The van der Waals surface area contributed by atoms with Crippen LogP contribution in [-0.2, 0) is 5.60 Å². The number of hydrogen-bond acceptors (Lipinski definition) is 2. The molecule has 0 aliphatic heterocycles. The first-order valence-corrected chi connectivity index (χ1v) is 5.36. The van der Waals surface area contributed by atoms with Crippen molar-refractivity contribution >= 4 is 5.69 Å². The monoisotopic (exact) mass is 207 g/mol. The lowest BCUT2D eigenvalue weighted by atomic mass is 9.84. The van der Waals surface area contributed by atoms with Gasteiger partial charge in [0.05, 0.1) is 5.60 Å². The molecule has 1 rings (SSSR count). The third kappa shape index (κ3) is 2.32. The molecule has 0 amide bonds. The second-order valence-corrected chi connectivity index (χ2v) is 4.71. The Kier molecular flexibility index (Phi) is 3.40. The molecule has 1 N–H and O–H groups in total. The molecule has 0 unspecified atom stereocenters. The van der Waals surface area contributed by atoms with Crippen LogP contribution in [0.4, 0.5) is 5.69 Å². The van der Waals surface area contributed by atoms with Gasteiger partial charge in [-0.15, -0.1) is 0 Å². The molecular weight excluding hydrogens is 186 g/mol. The van der Waals surface area contributed by atoms with E-state index in [0.29, 0.717) is 0 Å². The van der Waals surface area contributed by atoms with E-state index in [9.17, 15) is 5.11 Å². The zero-order valence-electron chi connectivity index (χ0n) is 10.3. The van der Waals surface area contributed by atoms with Gasteiger partial charge >= 0.3 is 0 Å². The number of rotatable bonds is 3. The molecule has 84 valence electrons. The average Bonchev–Trinajstić information content (AvgIpc) is 2.17. The van der Waals surface area contributed by atoms with Gasteiger partial charge in [0.15, 0.2) is 0 Å². The highest BCUT2D eigenvalue weighted by Gasteiger charge is 2.29. The highest BCUT2D eigenvalue weighted by atomic mass is 16.3. The molecule has 0 heterocycles. The van der Waals surface area contributed by atoms with Gasteiger partial charge in [-0.1, -0.05) is 32.0 Å². The summed E-state index contributed by atoms with van der Waals surface area (Å²) in [6.07, 6.45) is 0. The first kappa shape index (κ1) is 12.1. The third-order valence-electron chi connectivity index (χ3n) is 3.06. The normalized spacial score (nSPS) is 15.1. The van der Waals surface area contributed by atoms with E-state index in [4.69, 9.17) is 0 Å². The first-order chi connectivity index (χ1) is 6.87. The molecule has 2 heteroatoms. The molecule has 1 aromatic rings. The second-order valence-electron chi connectivity index (χ2n) is 4.71. The molecule has 2 nitrogen and oxygen atoms in total. The van der Waals surface area contributed by atoms with E-state index in [1.807, 2.05) is 64.0 Å². The minimum Gasteiger partial charge on any atom is -0.385 e. The molecule has 0 aromatic heterocycles. The third-order valence-corrected chi connectivity index (χ3v) is 3.06. The summed E-state index contributed by atoms with van der Waals surface area (Å²) in [5, 5.41) is 10.5. The maximum atomic E-state index is 10.5. The van der Waals surface area contributed by atoms with E-state index in [0.717, 1.165) is 11.3 Å². The largest absolute Gasteiger partial charge is 0.385 e. The van der Waals surface area contributed by atoms with Crippen LogP contribution in [0.5, 0.6) is 0 Å². The van der Waals surface area contributed by atoms with Crippen LogP contribution < -0.4 is 4.90 Å². The Labute approximate surface area is 92.5 Å². The fourth-order valence-electron chi connectivity index (χ4n) is 1.60. The van der Waals surface area contributed by atoms with Crippen LogP contribution in [0.2, 0.25) is 0 Å². The number of benzene rings is 1. The number of nitrogens with zero attached hydrogens (tertiary/aromatic N) is 1. The van der Waals surface area contributed by atoms with Gasteiger partial charge in [0.1, 0.15) is 0 Å². The van der Waals surface area contributed by atoms with Crippen molar-refractivity contribution in [2.45, 2.75) is 26.4 Å². The Balaban J connectivity index is 3.24. The van der Waals surface area contributed by atoms with E-state index in [-0.39, 0.29) is 5.92 Å². The predicted octanol–water partition coefficient (Wildman–Crippen LogP) is 2.62. The van der Waals surface area contributed by atoms with Crippen molar-refractivity contribution in [2.24, 2.45) is 5.92 Å². The van der Waals surface area contributed by atoms with Crippen molar-refractivity contribution in [1.29, 1.82) is 0 Å². The molecular formula is C13H21NO. The molecule has 0 saturated heterocycles. The Morgan fingerprint density at radius 2 is 1.73 bits per heavy atom. The molecule has 0 spiro atoms. The van der Waals surface area contributed by atoms with Gasteiger partial charge in [-0.25, -0.2) is 0 Å². The van der Waals surface area contributed by atoms with Crippen molar-refractivity contribution in [3.05, 3.63) is 29.8 Å². The van der Waals surface area contributed by atoms with Crippen molar-refractivity contribution in [1.82, 2.24) is 0 Å². The maximum Gasteiger partial charge on any atom is 0.0911 e. The summed E-state index contributed by atoms with van der Waals surface area (Å²) in [6.45, 7) is 5.94. The van der Waals surface area contributed by atoms with Gasteiger partial charge in [0.2, 0.25) is 0 Å². The van der Waals surface area contributed by atoms with E-state index in [2.05, 4.69) is 0 Å². The lowest BCUT2D eigenvalue weighted by molar-refractivity contribution is 0.00955. The topological polar surface area (TPSA) is 23.5 Å². The Hall–Kier alpha value is -1.02. The molecule has 0 aliphatic rings. The summed E-state index contributed by atoms with van der Waals surface area (Å²) >= 11 is 0. The number of anilines is 1. The summed E-state index contributed by atoms with van der Waals surface area (Å²) in [6, 6.07) is 8.00. The van der Waals surface area contributed by atoms with Gasteiger partial charge in [-0.3, -0.25) is 0 Å². The molecule has 0 bridgehead atoms. The van der Waals surface area contributed by atoms with Crippen LogP contribution in [0.3, 0.4) is 0 Å². The summed E-state index contributed by atoms with van der Waals surface area (Å²) in [5.74, 6) is 0.193. The summed E-state index contributed by atoms with van der Waals surface area (Å²) in [4.78, 5) is 2.03. The molecule has 0 saturated carbocycles. The van der Waals surface area contributed by atoms with E-state index >= 15 is 0 Å². The zero-order valence-corrected chi connectivity index (χ0v) is 10.3. The summed E-state index contributed by atoms with van der Waals surface area (Å²) in [7, 11) is 3.99. The fourth-order valence-corrected chi connectivity index (χ4v) is 1.60. The first-order valence-electron chi connectivity index (χ1n) is 5.36. The number of hydrogen-bond donors (Lipinski definition) is 1. The van der Waals surface area contributed by atoms with Crippen molar-refractivity contribution in [3.8, 4) is 0 Å². The zero-order chi connectivity index (χ0) is 11.6. The van der Waals surface area contributed by atoms with E-state index < -0.39 is 5.60 Å². The summed E-state index contributed by atoms with van der Waals surface area (Å²) in [5.41, 5.74) is 1.29. The Morgan fingerprint density at radius 3 is 2.20 bits per heavy atom. The smallest absolute Gasteiger partial charge is 0.0911 e. The van der Waals surface area contributed by atoms with Crippen LogP contribution in [-0.4, -0.2) is 19.2 Å². The van der Waals surface area contributed by atoms with Crippen LogP contribution in [0.1, 0.15) is 26.3 Å². The van der Waals surface area contributed by atoms with Gasteiger partial charge in [-0.05, 0) is 18.9 Å². The predicted molar refractivity (Wildman–Crippen MR) is 65.2 cm³/mol. The van der Waals surface area contributed by atoms with Gasteiger partial charge < -0.3 is 10.0 Å². The maximum absolute atomic E-state index is 10.5. The molecule has 0 fully saturated rings. The molecule has 1 atom stereocenters. The highest BCUT2D eigenvalue weighted by molar-refractivity contribution is 5.54. The van der Waals surface area contributed by atoms with Crippen molar-refractivity contribution in [3.63, 3.8) is 0 Å². The van der Waals surface area contributed by atoms with Crippen LogP contribution >= 0.6 is 0 Å². The molecule has 1 aromatic carbocycles. The fraction of sp³-hybridized carbons (Fsp3) is 0.538. The average molecular weight is 207 g/mol. The quantitative estimate of drug-likeness (QED) is 0.823. The van der Waals surface area contributed by atoms with Crippen LogP contribution in [0.15, 0.2) is 24.3 Å². The second kappa shape index (κ2) is 4.23. The summed E-state index contributed by atoms with van der Waals surface area (Å²) < 4.78 is 0. The molecule has 0 radical (unpaired) electrons. The lowest BCUT2D eigenvalue weighted by Gasteiger charge is -2.32. The van der Waals surface area contributed by atoms with Crippen LogP contribution in [0.25, 0.3) is 0 Å². The number of para-hydroxylation sites is 1. The Morgan fingerprint density at radius 1 is 1.20 bits per heavy atom. The van der Waals surface area contributed by atoms with E-state index in [1.165, 1.54) is 0 Å². The van der Waals surface area contributed by atoms with E-state index in [1.54, 1.807) is 0 Å². The minimum absolute atomic E-state index is 0.193. The molecule has 0 aliphatic carbocycles. The van der Waals surface area contributed by atoms with Gasteiger partial charge in [0, 0.05) is 25.3 Å².